The molecule has 0 atom stereocenters. The standard InChI is InChI=1S/C14H13FN2O4S2/c15-10-3-1-9(2-4-10)13(20)21-7-11(18)16-5-6-17-12(19)8-23-14(17)22/h1-4H,5-8H2,(H,16,18). The normalized spacial score (nSPS) is 14.0. The molecular formula is C14H13FN2O4S2. The van der Waals surface area contributed by atoms with Gasteiger partial charge in [0.15, 0.2) is 6.61 Å². The third-order valence-electron chi connectivity index (χ3n) is 2.91. The van der Waals surface area contributed by atoms with E-state index in [0.717, 1.165) is 12.1 Å². The molecule has 1 aromatic rings. The van der Waals surface area contributed by atoms with Gasteiger partial charge < -0.3 is 10.1 Å². The molecule has 1 aliphatic rings. The van der Waals surface area contributed by atoms with Crippen molar-refractivity contribution in [2.45, 2.75) is 0 Å². The fourth-order valence-corrected chi connectivity index (χ4v) is 2.88. The van der Waals surface area contributed by atoms with Gasteiger partial charge in [-0.05, 0) is 24.3 Å². The first kappa shape index (κ1) is 17.4. The predicted molar refractivity (Wildman–Crippen MR) is 86.5 cm³/mol. The van der Waals surface area contributed by atoms with Crippen molar-refractivity contribution < 1.29 is 23.5 Å². The van der Waals surface area contributed by atoms with Gasteiger partial charge in [0, 0.05) is 13.1 Å². The topological polar surface area (TPSA) is 75.7 Å². The molecular weight excluding hydrogens is 343 g/mol. The molecule has 0 aliphatic carbocycles. The second kappa shape index (κ2) is 8.02. The maximum Gasteiger partial charge on any atom is 0.338 e. The van der Waals surface area contributed by atoms with Crippen molar-refractivity contribution in [3.05, 3.63) is 35.6 Å². The van der Waals surface area contributed by atoms with E-state index in [2.05, 4.69) is 5.32 Å². The molecule has 1 fully saturated rings. The van der Waals surface area contributed by atoms with Gasteiger partial charge in [0.2, 0.25) is 5.91 Å². The second-order valence-corrected chi connectivity index (χ2v) is 6.14. The molecule has 6 nitrogen and oxygen atoms in total. The van der Waals surface area contributed by atoms with E-state index in [1.165, 1.54) is 28.8 Å². The molecule has 0 spiro atoms. The van der Waals surface area contributed by atoms with Crippen LogP contribution >= 0.6 is 24.0 Å². The molecule has 122 valence electrons. The maximum atomic E-state index is 12.7. The third kappa shape index (κ3) is 5.00. The first-order valence-corrected chi connectivity index (χ1v) is 8.03. The van der Waals surface area contributed by atoms with Crippen LogP contribution in [0.4, 0.5) is 4.39 Å². The number of carbonyl (C=O) groups excluding carboxylic acids is 3. The number of carbonyl (C=O) groups is 3. The smallest absolute Gasteiger partial charge is 0.338 e. The molecule has 2 amide bonds. The number of esters is 1. The lowest BCUT2D eigenvalue weighted by Crippen LogP contribution is -2.38. The lowest BCUT2D eigenvalue weighted by atomic mass is 10.2. The maximum absolute atomic E-state index is 12.7. The molecule has 1 aliphatic heterocycles. The summed E-state index contributed by atoms with van der Waals surface area (Å²) in [6.07, 6.45) is 0. The number of benzene rings is 1. The molecule has 0 unspecified atom stereocenters. The number of amides is 2. The third-order valence-corrected chi connectivity index (χ3v) is 4.34. The minimum atomic E-state index is -0.715. The minimum Gasteiger partial charge on any atom is -0.452 e. The molecule has 1 N–H and O–H groups in total. The summed E-state index contributed by atoms with van der Waals surface area (Å²) in [6.45, 7) is 0.0328. The molecule has 9 heteroatoms. The lowest BCUT2D eigenvalue weighted by Gasteiger charge is -2.15. The number of hydrogen-bond donors (Lipinski definition) is 1. The summed E-state index contributed by atoms with van der Waals surface area (Å²) < 4.78 is 18.0. The average molecular weight is 356 g/mol. The first-order chi connectivity index (χ1) is 11.0. The Morgan fingerprint density at radius 3 is 2.65 bits per heavy atom. The van der Waals surface area contributed by atoms with Crippen LogP contribution < -0.4 is 5.32 Å². The zero-order chi connectivity index (χ0) is 16.8. The van der Waals surface area contributed by atoms with Crippen molar-refractivity contribution in [2.75, 3.05) is 25.4 Å². The summed E-state index contributed by atoms with van der Waals surface area (Å²) in [5.74, 6) is -1.44. The molecule has 2 rings (SSSR count). The predicted octanol–water partition coefficient (Wildman–Crippen LogP) is 0.959. The summed E-state index contributed by atoms with van der Waals surface area (Å²) >= 11 is 6.29. The Bertz CT molecular complexity index is 620. The van der Waals surface area contributed by atoms with Crippen molar-refractivity contribution >= 4 is 46.1 Å². The van der Waals surface area contributed by atoms with Crippen LogP contribution in [0.5, 0.6) is 0 Å². The molecule has 1 aromatic carbocycles. The highest BCUT2D eigenvalue weighted by Crippen LogP contribution is 2.18. The monoisotopic (exact) mass is 356 g/mol. The second-order valence-electron chi connectivity index (χ2n) is 4.53. The van der Waals surface area contributed by atoms with Crippen molar-refractivity contribution in [3.63, 3.8) is 0 Å². The van der Waals surface area contributed by atoms with Gasteiger partial charge in [0.05, 0.1) is 11.3 Å². The van der Waals surface area contributed by atoms with Gasteiger partial charge in [0.25, 0.3) is 5.91 Å². The van der Waals surface area contributed by atoms with Crippen LogP contribution in [-0.2, 0) is 14.3 Å². The summed E-state index contributed by atoms with van der Waals surface area (Å²) in [5.41, 5.74) is 0.157. The fraction of sp³-hybridized carbons (Fsp3) is 0.286. The number of hydrogen-bond acceptors (Lipinski definition) is 6. The van der Waals surface area contributed by atoms with Crippen LogP contribution in [0.25, 0.3) is 0 Å². The highest BCUT2D eigenvalue weighted by atomic mass is 32.2. The quantitative estimate of drug-likeness (QED) is 0.604. The largest absolute Gasteiger partial charge is 0.452 e. The lowest BCUT2D eigenvalue weighted by molar-refractivity contribution is -0.126. The average Bonchev–Trinajstić information content (AvgIpc) is 2.85. The van der Waals surface area contributed by atoms with Crippen molar-refractivity contribution in [1.29, 1.82) is 0 Å². The summed E-state index contributed by atoms with van der Waals surface area (Å²) in [5, 5.41) is 2.53. The number of ether oxygens (including phenoxy) is 1. The summed E-state index contributed by atoms with van der Waals surface area (Å²) in [7, 11) is 0. The number of nitrogens with zero attached hydrogens (tertiary/aromatic N) is 1. The molecule has 0 bridgehead atoms. The van der Waals surface area contributed by atoms with Crippen LogP contribution in [-0.4, -0.2) is 52.5 Å². The van der Waals surface area contributed by atoms with E-state index in [-0.39, 0.29) is 24.6 Å². The zero-order valence-electron chi connectivity index (χ0n) is 11.9. The Kier molecular flexibility index (Phi) is 6.05. The van der Waals surface area contributed by atoms with Gasteiger partial charge in [-0.3, -0.25) is 14.5 Å². The Labute approximate surface area is 141 Å². The van der Waals surface area contributed by atoms with Gasteiger partial charge in [-0.15, -0.1) is 0 Å². The molecule has 1 saturated heterocycles. The van der Waals surface area contributed by atoms with E-state index in [9.17, 15) is 18.8 Å². The number of thiocarbonyl (C=S) groups is 1. The number of rotatable bonds is 6. The Hall–Kier alpha value is -2.00. The van der Waals surface area contributed by atoms with E-state index in [0.29, 0.717) is 10.1 Å². The van der Waals surface area contributed by atoms with Crippen molar-refractivity contribution in [2.24, 2.45) is 0 Å². The Morgan fingerprint density at radius 1 is 1.35 bits per heavy atom. The SMILES string of the molecule is O=C(COC(=O)c1ccc(F)cc1)NCCN1C(=O)CSC1=S. The highest BCUT2D eigenvalue weighted by Gasteiger charge is 2.25. The van der Waals surface area contributed by atoms with Crippen LogP contribution in [0.2, 0.25) is 0 Å². The van der Waals surface area contributed by atoms with E-state index in [1.54, 1.807) is 0 Å². The summed E-state index contributed by atoms with van der Waals surface area (Å²) in [6, 6.07) is 4.80. The van der Waals surface area contributed by atoms with E-state index in [4.69, 9.17) is 17.0 Å². The highest BCUT2D eigenvalue weighted by molar-refractivity contribution is 8.23. The number of halogens is 1. The van der Waals surface area contributed by atoms with Crippen LogP contribution in [0.3, 0.4) is 0 Å². The Morgan fingerprint density at radius 2 is 2.04 bits per heavy atom. The van der Waals surface area contributed by atoms with Crippen LogP contribution in [0.15, 0.2) is 24.3 Å². The zero-order valence-corrected chi connectivity index (χ0v) is 13.5. The van der Waals surface area contributed by atoms with Crippen molar-refractivity contribution in [3.8, 4) is 0 Å². The van der Waals surface area contributed by atoms with Crippen LogP contribution in [0, 0.1) is 5.82 Å². The summed E-state index contributed by atoms with van der Waals surface area (Å²) in [4.78, 5) is 36.1. The van der Waals surface area contributed by atoms with Crippen molar-refractivity contribution in [1.82, 2.24) is 10.2 Å². The number of nitrogens with one attached hydrogen (secondary N) is 1. The first-order valence-electron chi connectivity index (χ1n) is 6.64. The molecule has 1 heterocycles. The molecule has 0 saturated carbocycles. The fourth-order valence-electron chi connectivity index (χ4n) is 1.76. The van der Waals surface area contributed by atoms with Gasteiger partial charge in [-0.2, -0.15) is 0 Å². The van der Waals surface area contributed by atoms with Gasteiger partial charge in [-0.1, -0.05) is 24.0 Å². The molecule has 0 radical (unpaired) electrons. The van der Waals surface area contributed by atoms with E-state index >= 15 is 0 Å². The number of thioether (sulfide) groups is 1. The van der Waals surface area contributed by atoms with E-state index < -0.39 is 24.3 Å². The minimum absolute atomic E-state index is 0.0861. The Balaban J connectivity index is 1.69. The van der Waals surface area contributed by atoms with Crippen LogP contribution in [0.1, 0.15) is 10.4 Å². The van der Waals surface area contributed by atoms with Gasteiger partial charge in [-0.25, -0.2) is 9.18 Å². The van der Waals surface area contributed by atoms with Gasteiger partial charge in [0.1, 0.15) is 10.1 Å². The molecule has 0 aromatic heterocycles. The van der Waals surface area contributed by atoms with Gasteiger partial charge >= 0.3 is 5.97 Å². The van der Waals surface area contributed by atoms with E-state index in [1.807, 2.05) is 0 Å². The molecule has 23 heavy (non-hydrogen) atoms.